The van der Waals surface area contributed by atoms with E-state index in [0.717, 1.165) is 25.7 Å². The Labute approximate surface area is 108 Å². The molecule has 3 rings (SSSR count). The van der Waals surface area contributed by atoms with E-state index < -0.39 is 5.54 Å². The number of carbonyl (C=O) groups excluding carboxylic acids is 1. The number of esters is 1. The van der Waals surface area contributed by atoms with Crippen LogP contribution in [-0.2, 0) is 14.3 Å². The fourth-order valence-electron chi connectivity index (χ4n) is 2.70. The maximum absolute atomic E-state index is 12.2. The van der Waals surface area contributed by atoms with E-state index in [0.29, 0.717) is 24.7 Å². The minimum absolute atomic E-state index is 0.128. The molecule has 1 unspecified atom stereocenters. The zero-order valence-electron chi connectivity index (χ0n) is 11.1. The molecular formula is C14H23NO3. The molecule has 0 aliphatic heterocycles. The molecule has 4 nitrogen and oxygen atoms in total. The Bertz CT molecular complexity index is 321. The van der Waals surface area contributed by atoms with E-state index in [-0.39, 0.29) is 5.97 Å². The highest BCUT2D eigenvalue weighted by Crippen LogP contribution is 2.43. The zero-order chi connectivity index (χ0) is 12.6. The average Bonchev–Trinajstić information content (AvgIpc) is 3.14. The molecule has 0 radical (unpaired) electrons. The molecule has 3 aliphatic carbocycles. The van der Waals surface area contributed by atoms with Gasteiger partial charge in [-0.3, -0.25) is 5.32 Å². The Morgan fingerprint density at radius 2 is 1.94 bits per heavy atom. The molecule has 4 heteroatoms. The summed E-state index contributed by atoms with van der Waals surface area (Å²) >= 11 is 0. The lowest BCUT2D eigenvalue weighted by atomic mass is 9.92. The second-order valence-electron chi connectivity index (χ2n) is 6.02. The lowest BCUT2D eigenvalue weighted by Crippen LogP contribution is -2.59. The maximum Gasteiger partial charge on any atom is 0.328 e. The Morgan fingerprint density at radius 3 is 2.39 bits per heavy atom. The molecule has 1 N–H and O–H groups in total. The number of carbonyl (C=O) groups is 1. The van der Waals surface area contributed by atoms with E-state index >= 15 is 0 Å². The van der Waals surface area contributed by atoms with Gasteiger partial charge in [-0.1, -0.05) is 0 Å². The van der Waals surface area contributed by atoms with Crippen molar-refractivity contribution < 1.29 is 14.3 Å². The molecule has 102 valence electrons. The predicted molar refractivity (Wildman–Crippen MR) is 67.2 cm³/mol. The first-order valence-electron chi connectivity index (χ1n) is 7.22. The monoisotopic (exact) mass is 253 g/mol. The third-order valence-electron chi connectivity index (χ3n) is 4.46. The highest BCUT2D eigenvalue weighted by atomic mass is 16.5. The second-order valence-corrected chi connectivity index (χ2v) is 6.02. The number of ether oxygens (including phenoxy) is 2. The van der Waals surface area contributed by atoms with Crippen molar-refractivity contribution in [2.45, 2.75) is 62.6 Å². The number of hydrogen-bond donors (Lipinski definition) is 1. The summed E-state index contributed by atoms with van der Waals surface area (Å²) < 4.78 is 11.0. The zero-order valence-corrected chi connectivity index (χ0v) is 11.1. The van der Waals surface area contributed by atoms with E-state index in [4.69, 9.17) is 9.47 Å². The molecule has 1 atom stereocenters. The van der Waals surface area contributed by atoms with Gasteiger partial charge < -0.3 is 9.47 Å². The Morgan fingerprint density at radius 1 is 1.22 bits per heavy atom. The minimum atomic E-state index is -0.564. The number of methoxy groups -OCH3 is 1. The van der Waals surface area contributed by atoms with Gasteiger partial charge in [0.15, 0.2) is 0 Å². The SMILES string of the molecule is COC(=O)C(COC1CCC1)(NC1CC1)C1CC1. The number of rotatable bonds is 7. The first-order chi connectivity index (χ1) is 8.74. The van der Waals surface area contributed by atoms with Crippen molar-refractivity contribution in [1.82, 2.24) is 5.32 Å². The van der Waals surface area contributed by atoms with Crippen molar-refractivity contribution in [3.8, 4) is 0 Å². The van der Waals surface area contributed by atoms with Crippen molar-refractivity contribution in [3.05, 3.63) is 0 Å². The quantitative estimate of drug-likeness (QED) is 0.701. The van der Waals surface area contributed by atoms with Crippen LogP contribution in [0.2, 0.25) is 0 Å². The highest BCUT2D eigenvalue weighted by Gasteiger charge is 2.54. The van der Waals surface area contributed by atoms with E-state index in [1.54, 1.807) is 0 Å². The Hall–Kier alpha value is -0.610. The standard InChI is InChI=1S/C14H23NO3/c1-17-13(16)14(10-5-6-10,15-11-7-8-11)9-18-12-3-2-4-12/h10-12,15H,2-9H2,1H3. The largest absolute Gasteiger partial charge is 0.468 e. The summed E-state index contributed by atoms with van der Waals surface area (Å²) in [5.41, 5.74) is -0.564. The fraction of sp³-hybridized carbons (Fsp3) is 0.929. The summed E-state index contributed by atoms with van der Waals surface area (Å²) in [6.07, 6.45) is 8.50. The Kier molecular flexibility index (Phi) is 3.32. The molecule has 0 aromatic carbocycles. The topological polar surface area (TPSA) is 47.6 Å². The van der Waals surface area contributed by atoms with Crippen molar-refractivity contribution in [1.29, 1.82) is 0 Å². The van der Waals surface area contributed by atoms with Crippen LogP contribution in [0.5, 0.6) is 0 Å². The average molecular weight is 253 g/mol. The molecule has 18 heavy (non-hydrogen) atoms. The first-order valence-corrected chi connectivity index (χ1v) is 7.22. The lowest BCUT2D eigenvalue weighted by molar-refractivity contribution is -0.155. The van der Waals surface area contributed by atoms with E-state index in [1.807, 2.05) is 0 Å². The summed E-state index contributed by atoms with van der Waals surface area (Å²) in [5.74, 6) is 0.279. The molecule has 0 bridgehead atoms. The van der Waals surface area contributed by atoms with Gasteiger partial charge in [-0.15, -0.1) is 0 Å². The molecule has 0 spiro atoms. The summed E-state index contributed by atoms with van der Waals surface area (Å²) in [4.78, 5) is 12.2. The van der Waals surface area contributed by atoms with Gasteiger partial charge in [0.1, 0.15) is 5.54 Å². The van der Waals surface area contributed by atoms with Crippen LogP contribution in [0.4, 0.5) is 0 Å². The van der Waals surface area contributed by atoms with Crippen molar-refractivity contribution in [2.24, 2.45) is 5.92 Å². The van der Waals surface area contributed by atoms with Gasteiger partial charge in [0.2, 0.25) is 0 Å². The molecule has 0 amide bonds. The molecule has 0 aromatic rings. The molecule has 3 fully saturated rings. The third kappa shape index (κ3) is 2.41. The number of nitrogens with one attached hydrogen (secondary N) is 1. The normalized spacial score (nSPS) is 27.4. The summed E-state index contributed by atoms with van der Waals surface area (Å²) in [6.45, 7) is 0.492. The molecule has 3 aliphatic rings. The van der Waals surface area contributed by atoms with Crippen LogP contribution in [0.1, 0.15) is 44.9 Å². The number of hydrogen-bond acceptors (Lipinski definition) is 4. The van der Waals surface area contributed by atoms with E-state index in [1.165, 1.54) is 26.4 Å². The fourth-order valence-corrected chi connectivity index (χ4v) is 2.70. The van der Waals surface area contributed by atoms with Gasteiger partial charge in [-0.05, 0) is 50.9 Å². The van der Waals surface area contributed by atoms with Gasteiger partial charge in [-0.25, -0.2) is 4.79 Å². The molecule has 0 heterocycles. The van der Waals surface area contributed by atoms with Crippen LogP contribution in [0, 0.1) is 5.92 Å². The van der Waals surface area contributed by atoms with Gasteiger partial charge >= 0.3 is 5.97 Å². The van der Waals surface area contributed by atoms with Crippen LogP contribution >= 0.6 is 0 Å². The van der Waals surface area contributed by atoms with Crippen LogP contribution in [0.25, 0.3) is 0 Å². The predicted octanol–water partition coefficient (Wildman–Crippen LogP) is 1.63. The Balaban J connectivity index is 1.67. The van der Waals surface area contributed by atoms with Gasteiger partial charge in [0.25, 0.3) is 0 Å². The van der Waals surface area contributed by atoms with Crippen molar-refractivity contribution in [3.63, 3.8) is 0 Å². The van der Waals surface area contributed by atoms with Gasteiger partial charge in [-0.2, -0.15) is 0 Å². The maximum atomic E-state index is 12.2. The summed E-state index contributed by atoms with van der Waals surface area (Å²) in [5, 5.41) is 3.52. The third-order valence-corrected chi connectivity index (χ3v) is 4.46. The second kappa shape index (κ2) is 4.82. The van der Waals surface area contributed by atoms with E-state index in [9.17, 15) is 4.79 Å². The lowest BCUT2D eigenvalue weighted by Gasteiger charge is -2.35. The van der Waals surface area contributed by atoms with E-state index in [2.05, 4.69) is 5.32 Å². The first kappa shape index (κ1) is 12.4. The van der Waals surface area contributed by atoms with Crippen LogP contribution in [-0.4, -0.2) is 37.4 Å². The molecule has 0 aromatic heterocycles. The van der Waals surface area contributed by atoms with Crippen molar-refractivity contribution in [2.75, 3.05) is 13.7 Å². The van der Waals surface area contributed by atoms with Gasteiger partial charge in [0, 0.05) is 6.04 Å². The smallest absolute Gasteiger partial charge is 0.328 e. The van der Waals surface area contributed by atoms with Crippen LogP contribution in [0.3, 0.4) is 0 Å². The molecule has 0 saturated heterocycles. The molecular weight excluding hydrogens is 230 g/mol. The summed E-state index contributed by atoms with van der Waals surface area (Å²) in [7, 11) is 1.48. The summed E-state index contributed by atoms with van der Waals surface area (Å²) in [6, 6.07) is 0.495. The highest BCUT2D eigenvalue weighted by molar-refractivity contribution is 5.82. The van der Waals surface area contributed by atoms with Crippen molar-refractivity contribution >= 4 is 5.97 Å². The molecule has 3 saturated carbocycles. The van der Waals surface area contributed by atoms with Crippen LogP contribution in [0.15, 0.2) is 0 Å². The van der Waals surface area contributed by atoms with Crippen LogP contribution < -0.4 is 5.32 Å². The minimum Gasteiger partial charge on any atom is -0.468 e. The van der Waals surface area contributed by atoms with Gasteiger partial charge in [0.05, 0.1) is 19.8 Å².